The molecule has 204 valence electrons. The second-order valence-electron chi connectivity index (χ2n) is 9.35. The van der Waals surface area contributed by atoms with Gasteiger partial charge >= 0.3 is 0 Å². The number of rotatable bonds is 8. The van der Waals surface area contributed by atoms with E-state index < -0.39 is 47.2 Å². The molecule has 14 nitrogen and oxygen atoms in total. The van der Waals surface area contributed by atoms with Crippen LogP contribution in [0, 0.1) is 0 Å². The number of anilines is 1. The van der Waals surface area contributed by atoms with Crippen molar-refractivity contribution in [3.63, 3.8) is 0 Å². The van der Waals surface area contributed by atoms with Crippen molar-refractivity contribution in [2.45, 2.75) is 67.7 Å². The van der Waals surface area contributed by atoms with Crippen LogP contribution in [0.4, 0.5) is 5.82 Å². The number of aromatic nitrogens is 4. The van der Waals surface area contributed by atoms with E-state index >= 15 is 0 Å². The third-order valence-electron chi connectivity index (χ3n) is 6.78. The standard InChI is InChI=1S/C23H28N6O8S/c30-10-15-18(31)19(32)23(37-15)29-11-25-17-20(26-13-3-1-2-4-13)27-16(28-21(17)29)9-24-22(33)12-5-7-14(8-6-12)38(34,35)36/h5-8,11,13,15,18-19,23,30-32H,1-4,9-10H2,(H,24,33)(H,26,27,28)(H,34,35,36)/t15-,18-,19+,23-/m1/s1. The van der Waals surface area contributed by atoms with E-state index in [1.54, 1.807) is 0 Å². The molecule has 2 fully saturated rings. The summed E-state index contributed by atoms with van der Waals surface area (Å²) >= 11 is 0. The van der Waals surface area contributed by atoms with Crippen LogP contribution in [0.15, 0.2) is 35.5 Å². The van der Waals surface area contributed by atoms with Crippen molar-refractivity contribution in [2.75, 3.05) is 11.9 Å². The SMILES string of the molecule is O=C(NCc1nc(NC2CCCC2)c2ncn([C@@H]3O[C@H](CO)[C@@H](O)[C@@H]3O)c2n1)c1ccc(S(=O)(=O)O)cc1. The molecule has 1 saturated heterocycles. The molecule has 6 N–H and O–H groups in total. The summed E-state index contributed by atoms with van der Waals surface area (Å²) in [6, 6.07) is 4.97. The number of hydrogen-bond donors (Lipinski definition) is 6. The Balaban J connectivity index is 1.42. The lowest BCUT2D eigenvalue weighted by Crippen LogP contribution is -2.33. The van der Waals surface area contributed by atoms with E-state index in [9.17, 15) is 28.5 Å². The zero-order valence-corrected chi connectivity index (χ0v) is 21.0. The average molecular weight is 549 g/mol. The lowest BCUT2D eigenvalue weighted by atomic mass is 10.1. The summed E-state index contributed by atoms with van der Waals surface area (Å²) in [6.07, 6.45) is 0.856. The normalized spacial score (nSPS) is 24.2. The van der Waals surface area contributed by atoms with Crippen molar-refractivity contribution in [2.24, 2.45) is 0 Å². The highest BCUT2D eigenvalue weighted by Crippen LogP contribution is 2.33. The van der Waals surface area contributed by atoms with Crippen LogP contribution in [0.25, 0.3) is 11.2 Å². The molecule has 38 heavy (non-hydrogen) atoms. The summed E-state index contributed by atoms with van der Waals surface area (Å²) in [5, 5.41) is 36.3. The molecular weight excluding hydrogens is 520 g/mol. The first-order valence-electron chi connectivity index (χ1n) is 12.1. The van der Waals surface area contributed by atoms with Crippen molar-refractivity contribution < 1.29 is 37.8 Å². The van der Waals surface area contributed by atoms with E-state index in [0.717, 1.165) is 37.8 Å². The van der Waals surface area contributed by atoms with Gasteiger partial charge in [0.1, 0.15) is 18.3 Å². The van der Waals surface area contributed by atoms with Crippen molar-refractivity contribution in [1.29, 1.82) is 0 Å². The van der Waals surface area contributed by atoms with E-state index in [-0.39, 0.29) is 28.9 Å². The van der Waals surface area contributed by atoms with Gasteiger partial charge in [0.2, 0.25) is 0 Å². The number of carbonyl (C=O) groups excluding carboxylic acids is 1. The summed E-state index contributed by atoms with van der Waals surface area (Å²) in [7, 11) is -4.38. The monoisotopic (exact) mass is 548 g/mol. The molecule has 1 amide bonds. The number of fused-ring (bicyclic) bond motifs is 1. The van der Waals surface area contributed by atoms with Crippen molar-refractivity contribution >= 4 is 33.0 Å². The number of amides is 1. The van der Waals surface area contributed by atoms with Crippen LogP contribution in [0.1, 0.15) is 48.1 Å². The summed E-state index contributed by atoms with van der Waals surface area (Å²) in [6.45, 7) is -0.567. The molecule has 1 aromatic carbocycles. The van der Waals surface area contributed by atoms with Gasteiger partial charge in [0, 0.05) is 11.6 Å². The number of nitrogens with one attached hydrogen (secondary N) is 2. The van der Waals surface area contributed by atoms with E-state index in [2.05, 4.69) is 25.6 Å². The molecule has 4 atom stereocenters. The second-order valence-corrected chi connectivity index (χ2v) is 10.8. The lowest BCUT2D eigenvalue weighted by molar-refractivity contribution is -0.0511. The van der Waals surface area contributed by atoms with Crippen LogP contribution in [0.5, 0.6) is 0 Å². The summed E-state index contributed by atoms with van der Waals surface area (Å²) < 4.78 is 38.7. The molecule has 3 heterocycles. The minimum absolute atomic E-state index is 0.0880. The Labute approximate surface area is 217 Å². The fraction of sp³-hybridized carbons (Fsp3) is 0.478. The first-order valence-corrected chi connectivity index (χ1v) is 13.6. The van der Waals surface area contributed by atoms with Gasteiger partial charge in [-0.2, -0.15) is 8.42 Å². The molecule has 0 bridgehead atoms. The van der Waals surface area contributed by atoms with Gasteiger partial charge in [-0.25, -0.2) is 15.0 Å². The summed E-state index contributed by atoms with van der Waals surface area (Å²) in [5.41, 5.74) is 0.891. The van der Waals surface area contributed by atoms with Gasteiger partial charge in [-0.1, -0.05) is 12.8 Å². The number of benzene rings is 1. The fourth-order valence-corrected chi connectivity index (χ4v) is 5.22. The smallest absolute Gasteiger partial charge is 0.294 e. The number of aliphatic hydroxyl groups excluding tert-OH is 3. The maximum atomic E-state index is 12.7. The van der Waals surface area contributed by atoms with Crippen LogP contribution in [-0.4, -0.2) is 84.7 Å². The Hall–Kier alpha value is -3.21. The van der Waals surface area contributed by atoms with Crippen LogP contribution >= 0.6 is 0 Å². The van der Waals surface area contributed by atoms with Crippen molar-refractivity contribution in [3.05, 3.63) is 42.0 Å². The lowest BCUT2D eigenvalue weighted by Gasteiger charge is -2.18. The highest BCUT2D eigenvalue weighted by atomic mass is 32.2. The van der Waals surface area contributed by atoms with Crippen LogP contribution in [0.3, 0.4) is 0 Å². The van der Waals surface area contributed by atoms with Crippen LogP contribution < -0.4 is 10.6 Å². The maximum absolute atomic E-state index is 12.7. The average Bonchev–Trinajstić information content (AvgIpc) is 3.62. The Bertz CT molecular complexity index is 1420. The molecule has 5 rings (SSSR count). The minimum Gasteiger partial charge on any atom is -0.394 e. The van der Waals surface area contributed by atoms with Crippen molar-refractivity contribution in [1.82, 2.24) is 24.8 Å². The first-order chi connectivity index (χ1) is 18.2. The molecule has 2 aliphatic rings. The van der Waals surface area contributed by atoms with Crippen LogP contribution in [-0.2, 0) is 21.4 Å². The number of ether oxygens (including phenoxy) is 1. The summed E-state index contributed by atoms with van der Waals surface area (Å²) in [4.78, 5) is 25.8. The third-order valence-corrected chi connectivity index (χ3v) is 7.64. The molecule has 1 aliphatic heterocycles. The zero-order chi connectivity index (χ0) is 27.0. The molecule has 2 aromatic heterocycles. The van der Waals surface area contributed by atoms with E-state index in [1.165, 1.54) is 23.0 Å². The number of hydrogen-bond acceptors (Lipinski definition) is 11. The predicted octanol–water partition coefficient (Wildman–Crippen LogP) is -0.0310. The van der Waals surface area contributed by atoms with Crippen molar-refractivity contribution in [3.8, 4) is 0 Å². The van der Waals surface area contributed by atoms with E-state index in [4.69, 9.17) is 9.29 Å². The minimum atomic E-state index is -4.38. The Morgan fingerprint density at radius 3 is 2.45 bits per heavy atom. The van der Waals surface area contributed by atoms with Gasteiger partial charge in [0.25, 0.3) is 16.0 Å². The number of imidazole rings is 1. The first kappa shape index (κ1) is 26.4. The number of nitrogens with zero attached hydrogens (tertiary/aromatic N) is 4. The Morgan fingerprint density at radius 1 is 1.11 bits per heavy atom. The molecule has 3 aromatic rings. The van der Waals surface area contributed by atoms with E-state index in [0.29, 0.717) is 17.0 Å². The molecule has 0 radical (unpaired) electrons. The molecule has 1 aliphatic carbocycles. The topological polar surface area (TPSA) is 209 Å². The van der Waals surface area contributed by atoms with Crippen LogP contribution in [0.2, 0.25) is 0 Å². The molecule has 0 unspecified atom stereocenters. The maximum Gasteiger partial charge on any atom is 0.294 e. The van der Waals surface area contributed by atoms with Gasteiger partial charge in [-0.3, -0.25) is 13.9 Å². The van der Waals surface area contributed by atoms with Gasteiger partial charge in [-0.15, -0.1) is 0 Å². The predicted molar refractivity (Wildman–Crippen MR) is 132 cm³/mol. The quantitative estimate of drug-likeness (QED) is 0.205. The Kier molecular flexibility index (Phi) is 7.30. The largest absolute Gasteiger partial charge is 0.394 e. The fourth-order valence-electron chi connectivity index (χ4n) is 4.74. The van der Waals surface area contributed by atoms with Gasteiger partial charge in [-0.05, 0) is 37.1 Å². The van der Waals surface area contributed by atoms with E-state index in [1.807, 2.05) is 0 Å². The Morgan fingerprint density at radius 2 is 1.82 bits per heavy atom. The molecule has 15 heteroatoms. The number of carbonyl (C=O) groups is 1. The number of aliphatic hydroxyl groups is 3. The molecule has 0 spiro atoms. The second kappa shape index (κ2) is 10.5. The zero-order valence-electron chi connectivity index (χ0n) is 20.1. The molecular formula is C23H28N6O8S. The third kappa shape index (κ3) is 5.21. The summed E-state index contributed by atoms with van der Waals surface area (Å²) in [5.74, 6) is 0.168. The highest BCUT2D eigenvalue weighted by Gasteiger charge is 2.44. The van der Waals surface area contributed by atoms with Gasteiger partial charge in [0.15, 0.2) is 29.0 Å². The van der Waals surface area contributed by atoms with Gasteiger partial charge in [0.05, 0.1) is 24.4 Å². The highest BCUT2D eigenvalue weighted by molar-refractivity contribution is 7.85. The molecule has 1 saturated carbocycles. The van der Waals surface area contributed by atoms with Gasteiger partial charge < -0.3 is 30.7 Å².